The molecular weight excluding hydrogens is 288 g/mol. The van der Waals surface area contributed by atoms with Crippen LogP contribution < -0.4 is 0 Å². The van der Waals surface area contributed by atoms with E-state index in [0.717, 1.165) is 30.1 Å². The molecule has 0 unspecified atom stereocenters. The van der Waals surface area contributed by atoms with Crippen LogP contribution in [-0.4, -0.2) is 0 Å². The molecule has 0 atom stereocenters. The predicted molar refractivity (Wildman–Crippen MR) is 94.0 cm³/mol. The Hall–Kier alpha value is -1.93. The summed E-state index contributed by atoms with van der Waals surface area (Å²) in [6, 6.07) is 23.5. The number of aryl methyl sites for hydroxylation is 2. The second-order valence-corrected chi connectivity index (χ2v) is 6.31. The van der Waals surface area contributed by atoms with Gasteiger partial charge in [0.05, 0.1) is 12.0 Å². The number of rotatable bonds is 7. The van der Waals surface area contributed by atoms with Gasteiger partial charge in [-0.2, -0.15) is 0 Å². The first kappa shape index (κ1) is 15.0. The number of furan rings is 1. The summed E-state index contributed by atoms with van der Waals surface area (Å²) in [5, 5.41) is 0. The van der Waals surface area contributed by atoms with Gasteiger partial charge < -0.3 is 4.42 Å². The number of hydrogen-bond acceptors (Lipinski definition) is 2. The van der Waals surface area contributed by atoms with Gasteiger partial charge in [-0.15, -0.1) is 11.8 Å². The molecule has 3 aromatic rings. The van der Waals surface area contributed by atoms with Crippen LogP contribution in [0.15, 0.2) is 77.4 Å². The van der Waals surface area contributed by atoms with E-state index in [1.807, 2.05) is 23.9 Å². The van der Waals surface area contributed by atoms with E-state index in [1.165, 1.54) is 16.7 Å². The van der Waals surface area contributed by atoms with Crippen molar-refractivity contribution in [1.82, 2.24) is 0 Å². The SMILES string of the molecule is c1ccc(CCc2ccccc2CSCc2ccco2)cc1. The van der Waals surface area contributed by atoms with Gasteiger partial charge in [0.15, 0.2) is 0 Å². The van der Waals surface area contributed by atoms with Crippen molar-refractivity contribution in [1.29, 1.82) is 0 Å². The molecule has 0 amide bonds. The number of hydrogen-bond donors (Lipinski definition) is 0. The molecule has 2 aromatic carbocycles. The minimum Gasteiger partial charge on any atom is -0.468 e. The molecule has 0 radical (unpaired) electrons. The molecule has 1 aromatic heterocycles. The maximum Gasteiger partial charge on any atom is 0.113 e. The Bertz CT molecular complexity index is 674. The van der Waals surface area contributed by atoms with E-state index in [2.05, 4.69) is 54.6 Å². The first-order valence-electron chi connectivity index (χ1n) is 7.62. The van der Waals surface area contributed by atoms with Crippen LogP contribution in [0, 0.1) is 0 Å². The van der Waals surface area contributed by atoms with Gasteiger partial charge in [0.25, 0.3) is 0 Å². The molecule has 0 aliphatic carbocycles. The highest BCUT2D eigenvalue weighted by Gasteiger charge is 2.04. The third kappa shape index (κ3) is 4.28. The summed E-state index contributed by atoms with van der Waals surface area (Å²) in [4.78, 5) is 0. The summed E-state index contributed by atoms with van der Waals surface area (Å²) < 4.78 is 5.39. The average molecular weight is 308 g/mol. The minimum atomic E-state index is 0.931. The van der Waals surface area contributed by atoms with E-state index >= 15 is 0 Å². The minimum absolute atomic E-state index is 0.931. The Labute approximate surface area is 136 Å². The van der Waals surface area contributed by atoms with E-state index in [4.69, 9.17) is 4.42 Å². The second kappa shape index (κ2) is 7.90. The van der Waals surface area contributed by atoms with Crippen molar-refractivity contribution in [2.75, 3.05) is 0 Å². The summed E-state index contributed by atoms with van der Waals surface area (Å²) in [6.45, 7) is 0. The molecule has 0 aliphatic rings. The monoisotopic (exact) mass is 308 g/mol. The Balaban J connectivity index is 1.57. The standard InChI is InChI=1S/C20H20OS/c1-2-7-17(8-3-1)12-13-18-9-4-5-10-19(18)15-22-16-20-11-6-14-21-20/h1-11,14H,12-13,15-16H2. The highest BCUT2D eigenvalue weighted by atomic mass is 32.2. The molecule has 0 saturated heterocycles. The van der Waals surface area contributed by atoms with Crippen LogP contribution in [0.1, 0.15) is 22.5 Å². The first-order chi connectivity index (χ1) is 10.9. The lowest BCUT2D eigenvalue weighted by atomic mass is 10.0. The quantitative estimate of drug-likeness (QED) is 0.572. The summed E-state index contributed by atoms with van der Waals surface area (Å²) in [5.74, 6) is 3.01. The summed E-state index contributed by atoms with van der Waals surface area (Å²) in [6.07, 6.45) is 3.94. The van der Waals surface area contributed by atoms with E-state index in [1.54, 1.807) is 6.26 Å². The second-order valence-electron chi connectivity index (χ2n) is 5.33. The van der Waals surface area contributed by atoms with Crippen LogP contribution in [0.2, 0.25) is 0 Å². The normalized spacial score (nSPS) is 10.7. The predicted octanol–water partition coefficient (Wildman–Crippen LogP) is 5.50. The van der Waals surface area contributed by atoms with E-state index < -0.39 is 0 Å². The smallest absolute Gasteiger partial charge is 0.113 e. The molecule has 112 valence electrons. The van der Waals surface area contributed by atoms with Gasteiger partial charge in [-0.05, 0) is 41.7 Å². The summed E-state index contributed by atoms with van der Waals surface area (Å²) >= 11 is 1.91. The Morgan fingerprint density at radius 2 is 1.45 bits per heavy atom. The molecule has 0 bridgehead atoms. The lowest BCUT2D eigenvalue weighted by Crippen LogP contribution is -1.96. The van der Waals surface area contributed by atoms with Crippen molar-refractivity contribution in [2.24, 2.45) is 0 Å². The number of thioether (sulfide) groups is 1. The molecule has 2 heteroatoms. The van der Waals surface area contributed by atoms with Gasteiger partial charge in [0, 0.05) is 5.75 Å². The molecule has 0 spiro atoms. The van der Waals surface area contributed by atoms with Crippen molar-refractivity contribution in [3.05, 3.63) is 95.4 Å². The van der Waals surface area contributed by atoms with Gasteiger partial charge >= 0.3 is 0 Å². The van der Waals surface area contributed by atoms with Crippen molar-refractivity contribution in [3.63, 3.8) is 0 Å². The largest absolute Gasteiger partial charge is 0.468 e. The molecule has 0 saturated carbocycles. The Morgan fingerprint density at radius 3 is 2.23 bits per heavy atom. The van der Waals surface area contributed by atoms with Crippen molar-refractivity contribution >= 4 is 11.8 Å². The molecule has 1 nitrogen and oxygen atoms in total. The van der Waals surface area contributed by atoms with Gasteiger partial charge in [-0.1, -0.05) is 54.6 Å². The van der Waals surface area contributed by atoms with Gasteiger partial charge in [-0.25, -0.2) is 0 Å². The third-order valence-corrected chi connectivity index (χ3v) is 4.73. The van der Waals surface area contributed by atoms with E-state index in [0.29, 0.717) is 0 Å². The van der Waals surface area contributed by atoms with Crippen LogP contribution in [0.5, 0.6) is 0 Å². The van der Waals surface area contributed by atoms with E-state index in [-0.39, 0.29) is 0 Å². The maximum atomic E-state index is 5.39. The Morgan fingerprint density at radius 1 is 0.682 bits per heavy atom. The highest BCUT2D eigenvalue weighted by Crippen LogP contribution is 2.21. The van der Waals surface area contributed by atoms with Crippen molar-refractivity contribution < 1.29 is 4.42 Å². The summed E-state index contributed by atoms with van der Waals surface area (Å²) in [7, 11) is 0. The van der Waals surface area contributed by atoms with Crippen LogP contribution in [0.3, 0.4) is 0 Å². The van der Waals surface area contributed by atoms with Crippen LogP contribution >= 0.6 is 11.8 Å². The van der Waals surface area contributed by atoms with Crippen LogP contribution in [-0.2, 0) is 24.3 Å². The van der Waals surface area contributed by atoms with E-state index in [9.17, 15) is 0 Å². The fraction of sp³-hybridized carbons (Fsp3) is 0.200. The first-order valence-corrected chi connectivity index (χ1v) is 8.78. The van der Waals surface area contributed by atoms with Crippen molar-refractivity contribution in [2.45, 2.75) is 24.3 Å². The fourth-order valence-electron chi connectivity index (χ4n) is 2.52. The zero-order valence-corrected chi connectivity index (χ0v) is 13.4. The molecule has 3 rings (SSSR count). The van der Waals surface area contributed by atoms with Crippen LogP contribution in [0.4, 0.5) is 0 Å². The maximum absolute atomic E-state index is 5.39. The van der Waals surface area contributed by atoms with Crippen molar-refractivity contribution in [3.8, 4) is 0 Å². The van der Waals surface area contributed by atoms with Gasteiger partial charge in [-0.3, -0.25) is 0 Å². The highest BCUT2D eigenvalue weighted by molar-refractivity contribution is 7.97. The fourth-order valence-corrected chi connectivity index (χ4v) is 3.49. The summed E-state index contributed by atoms with van der Waals surface area (Å²) in [5.41, 5.74) is 4.30. The van der Waals surface area contributed by atoms with Gasteiger partial charge in [0.2, 0.25) is 0 Å². The number of benzene rings is 2. The molecule has 0 aliphatic heterocycles. The molecule has 0 fully saturated rings. The Kier molecular flexibility index (Phi) is 5.38. The lowest BCUT2D eigenvalue weighted by Gasteiger charge is -2.09. The zero-order chi connectivity index (χ0) is 15.0. The molecule has 22 heavy (non-hydrogen) atoms. The molecule has 1 heterocycles. The molecule has 0 N–H and O–H groups in total. The lowest BCUT2D eigenvalue weighted by molar-refractivity contribution is 0.530. The molecular formula is C20H20OS. The van der Waals surface area contributed by atoms with Crippen LogP contribution in [0.25, 0.3) is 0 Å². The average Bonchev–Trinajstić information content (AvgIpc) is 3.08. The van der Waals surface area contributed by atoms with Gasteiger partial charge in [0.1, 0.15) is 5.76 Å². The topological polar surface area (TPSA) is 13.1 Å². The third-order valence-electron chi connectivity index (χ3n) is 3.73. The zero-order valence-electron chi connectivity index (χ0n) is 12.6.